The molecule has 0 aliphatic carbocycles. The lowest BCUT2D eigenvalue weighted by Gasteiger charge is -2.17. The van der Waals surface area contributed by atoms with Crippen LogP contribution in [0.4, 0.5) is 0 Å². The van der Waals surface area contributed by atoms with Gasteiger partial charge in [0.05, 0.1) is 11.6 Å². The van der Waals surface area contributed by atoms with Crippen LogP contribution in [0.2, 0.25) is 0 Å². The van der Waals surface area contributed by atoms with Gasteiger partial charge in [0.2, 0.25) is 0 Å². The molecule has 0 unspecified atom stereocenters. The summed E-state index contributed by atoms with van der Waals surface area (Å²) in [7, 11) is 0. The highest BCUT2D eigenvalue weighted by atomic mass is 15.0. The van der Waals surface area contributed by atoms with Crippen molar-refractivity contribution in [2.45, 2.75) is 0 Å². The zero-order chi connectivity index (χ0) is 38.3. The molecule has 4 nitrogen and oxygen atoms in total. The maximum atomic E-state index is 9.40. The fourth-order valence-corrected chi connectivity index (χ4v) is 9.16. The molecule has 12 rings (SSSR count). The first-order valence-corrected chi connectivity index (χ1v) is 19.5. The molecule has 1 heterocycles. The maximum absolute atomic E-state index is 9.40. The Kier molecular flexibility index (Phi) is 6.96. The summed E-state index contributed by atoms with van der Waals surface area (Å²) in [5.74, 6) is 1.81. The zero-order valence-electron chi connectivity index (χ0n) is 31.1. The summed E-state index contributed by atoms with van der Waals surface area (Å²) in [6.07, 6.45) is 0. The molecule has 0 saturated carbocycles. The molecule has 266 valence electrons. The third kappa shape index (κ3) is 4.91. The standard InChI is InChI=1S/C54H30N4/c55-31-32-20-22-33(23-21-32)38-13-3-14-40(28-38)52-56-53(58-54(57-52)46-19-4-9-34-8-1-2-15-42(34)46)41-29-39-27-26-37-11-6-17-44-43-16-5-10-35-24-25-36-12-7-18-45(50(36)48(35)43)47(30-41)51(39)49(37)44/h1-30H. The monoisotopic (exact) mass is 734 g/mol. The van der Waals surface area contributed by atoms with Gasteiger partial charge >= 0.3 is 0 Å². The van der Waals surface area contributed by atoms with Gasteiger partial charge in [-0.2, -0.15) is 5.26 Å². The second-order valence-electron chi connectivity index (χ2n) is 15.1. The van der Waals surface area contributed by atoms with Crippen molar-refractivity contribution >= 4 is 75.4 Å². The second-order valence-corrected chi connectivity index (χ2v) is 15.1. The van der Waals surface area contributed by atoms with Gasteiger partial charge in [0, 0.05) is 16.7 Å². The van der Waals surface area contributed by atoms with Crippen molar-refractivity contribution in [2.75, 3.05) is 0 Å². The van der Waals surface area contributed by atoms with E-state index in [2.05, 4.69) is 158 Å². The van der Waals surface area contributed by atoms with Crippen molar-refractivity contribution in [2.24, 2.45) is 0 Å². The van der Waals surface area contributed by atoms with Crippen LogP contribution in [0.1, 0.15) is 5.56 Å². The van der Waals surface area contributed by atoms with E-state index in [0.29, 0.717) is 23.0 Å². The summed E-state index contributed by atoms with van der Waals surface area (Å²) in [4.78, 5) is 15.8. The fraction of sp³-hybridized carbons (Fsp3) is 0. The van der Waals surface area contributed by atoms with Gasteiger partial charge in [-0.1, -0.05) is 152 Å². The first kappa shape index (κ1) is 32.3. The fourth-order valence-electron chi connectivity index (χ4n) is 9.16. The first-order chi connectivity index (χ1) is 28.7. The summed E-state index contributed by atoms with van der Waals surface area (Å²) < 4.78 is 0. The smallest absolute Gasteiger partial charge is 0.164 e. The quantitative estimate of drug-likeness (QED) is 0.169. The van der Waals surface area contributed by atoms with Crippen molar-refractivity contribution in [3.63, 3.8) is 0 Å². The van der Waals surface area contributed by atoms with Crippen molar-refractivity contribution in [3.8, 4) is 51.4 Å². The van der Waals surface area contributed by atoms with E-state index in [1.807, 2.05) is 30.3 Å². The highest BCUT2D eigenvalue weighted by Crippen LogP contribution is 2.44. The molecule has 0 radical (unpaired) electrons. The third-order valence-electron chi connectivity index (χ3n) is 11.8. The average Bonchev–Trinajstić information content (AvgIpc) is 3.29. The molecular formula is C54H30N4. The Labute approximate surface area is 333 Å². The molecule has 0 spiro atoms. The van der Waals surface area contributed by atoms with Gasteiger partial charge in [0.1, 0.15) is 0 Å². The van der Waals surface area contributed by atoms with E-state index in [1.165, 1.54) is 53.9 Å². The van der Waals surface area contributed by atoms with Gasteiger partial charge in [0.15, 0.2) is 17.5 Å². The molecule has 4 heteroatoms. The Balaban J connectivity index is 1.18. The first-order valence-electron chi connectivity index (χ1n) is 19.5. The summed E-state index contributed by atoms with van der Waals surface area (Å²) in [5, 5.41) is 26.3. The normalized spacial score (nSPS) is 11.8. The van der Waals surface area contributed by atoms with E-state index < -0.39 is 0 Å². The minimum atomic E-state index is 0.591. The molecule has 0 fully saturated rings. The Bertz CT molecular complexity index is 3680. The van der Waals surface area contributed by atoms with Crippen LogP contribution in [-0.4, -0.2) is 15.0 Å². The lowest BCUT2D eigenvalue weighted by molar-refractivity contribution is 1.08. The summed E-state index contributed by atoms with van der Waals surface area (Å²) in [6.45, 7) is 0. The highest BCUT2D eigenvalue weighted by Gasteiger charge is 2.19. The van der Waals surface area contributed by atoms with Crippen LogP contribution in [0.15, 0.2) is 182 Å². The highest BCUT2D eigenvalue weighted by molar-refractivity contribution is 6.37. The molecule has 0 N–H and O–H groups in total. The Morgan fingerprint density at radius 1 is 0.310 bits per heavy atom. The van der Waals surface area contributed by atoms with Crippen LogP contribution >= 0.6 is 0 Å². The number of aromatic nitrogens is 3. The largest absolute Gasteiger partial charge is 0.208 e. The van der Waals surface area contributed by atoms with Gasteiger partial charge in [-0.15, -0.1) is 0 Å². The maximum Gasteiger partial charge on any atom is 0.164 e. The van der Waals surface area contributed by atoms with Gasteiger partial charge in [-0.05, 0) is 117 Å². The molecule has 1 aromatic heterocycles. The molecule has 0 amide bonds. The van der Waals surface area contributed by atoms with Crippen LogP contribution in [0.5, 0.6) is 0 Å². The summed E-state index contributed by atoms with van der Waals surface area (Å²) in [5.41, 5.74) is 5.41. The van der Waals surface area contributed by atoms with Gasteiger partial charge < -0.3 is 0 Å². The minimum Gasteiger partial charge on any atom is -0.208 e. The SMILES string of the molecule is N#Cc1ccc(-c2cccc(-c3nc(-c4cc5ccc6cccc7c8cccc9ccc%10cccc(c(c4)c5c67)c%10c98)nc(-c4cccc5ccccc45)n3)c2)cc1. The van der Waals surface area contributed by atoms with E-state index >= 15 is 0 Å². The van der Waals surface area contributed by atoms with Gasteiger partial charge in [-0.25, -0.2) is 15.0 Å². The number of nitriles is 1. The van der Waals surface area contributed by atoms with Crippen molar-refractivity contribution in [1.29, 1.82) is 5.26 Å². The third-order valence-corrected chi connectivity index (χ3v) is 11.8. The minimum absolute atomic E-state index is 0.591. The summed E-state index contributed by atoms with van der Waals surface area (Å²) >= 11 is 0. The lowest BCUT2D eigenvalue weighted by atomic mass is 9.87. The number of nitrogens with zero attached hydrogens (tertiary/aromatic N) is 4. The Morgan fingerprint density at radius 2 is 0.810 bits per heavy atom. The predicted octanol–water partition coefficient (Wildman–Crippen LogP) is 13.9. The van der Waals surface area contributed by atoms with Crippen LogP contribution in [0.25, 0.3) is 121 Å². The van der Waals surface area contributed by atoms with E-state index in [-0.39, 0.29) is 0 Å². The van der Waals surface area contributed by atoms with Crippen molar-refractivity contribution in [1.82, 2.24) is 15.0 Å². The van der Waals surface area contributed by atoms with Crippen LogP contribution in [-0.2, 0) is 0 Å². The number of hydrogen-bond acceptors (Lipinski definition) is 4. The van der Waals surface area contributed by atoms with Gasteiger partial charge in [-0.3, -0.25) is 0 Å². The van der Waals surface area contributed by atoms with Crippen molar-refractivity contribution < 1.29 is 0 Å². The number of rotatable bonds is 4. The van der Waals surface area contributed by atoms with E-state index in [1.54, 1.807) is 0 Å². The molecule has 0 aliphatic heterocycles. The average molecular weight is 735 g/mol. The molecule has 0 aliphatic rings. The molecule has 0 atom stereocenters. The molecule has 58 heavy (non-hydrogen) atoms. The van der Waals surface area contributed by atoms with E-state index in [9.17, 15) is 5.26 Å². The predicted molar refractivity (Wildman–Crippen MR) is 240 cm³/mol. The molecule has 0 bridgehead atoms. The topological polar surface area (TPSA) is 62.5 Å². The lowest BCUT2D eigenvalue weighted by Crippen LogP contribution is -2.01. The van der Waals surface area contributed by atoms with Gasteiger partial charge in [0.25, 0.3) is 0 Å². The Morgan fingerprint density at radius 3 is 1.50 bits per heavy atom. The number of fused-ring (bicyclic) bond motifs is 3. The van der Waals surface area contributed by atoms with Crippen LogP contribution in [0.3, 0.4) is 0 Å². The molecule has 0 saturated heterocycles. The van der Waals surface area contributed by atoms with Crippen molar-refractivity contribution in [3.05, 3.63) is 188 Å². The van der Waals surface area contributed by atoms with E-state index in [4.69, 9.17) is 15.0 Å². The van der Waals surface area contributed by atoms with Crippen LogP contribution in [0, 0.1) is 11.3 Å². The molecule has 12 aromatic rings. The van der Waals surface area contributed by atoms with Crippen LogP contribution < -0.4 is 0 Å². The van der Waals surface area contributed by atoms with E-state index in [0.717, 1.165) is 49.4 Å². The molecule has 11 aromatic carbocycles. The summed E-state index contributed by atoms with van der Waals surface area (Å²) in [6, 6.07) is 66.5. The Hall–Kier alpha value is -8.00. The zero-order valence-corrected chi connectivity index (χ0v) is 31.1. The second kappa shape index (κ2) is 12.5. The number of benzene rings is 10. The number of hydrogen-bond donors (Lipinski definition) is 0. The molecular weight excluding hydrogens is 705 g/mol.